The summed E-state index contributed by atoms with van der Waals surface area (Å²) in [6, 6.07) is 0. The maximum Gasteiger partial charge on any atom is 0.526 e. The van der Waals surface area contributed by atoms with Crippen LogP contribution in [0.1, 0.15) is 96.8 Å². The zero-order valence-electron chi connectivity index (χ0n) is 20.1. The topological polar surface area (TPSA) is 85.3 Å². The van der Waals surface area contributed by atoms with Crippen molar-refractivity contribution in [2.45, 2.75) is 96.8 Å². The van der Waals surface area contributed by atoms with Crippen LogP contribution in [-0.4, -0.2) is 49.6 Å². The lowest BCUT2D eigenvalue weighted by Gasteiger charge is -2.12. The molecule has 0 aliphatic carbocycles. The maximum atomic E-state index is 11.7. The quantitative estimate of drug-likeness (QED) is 0.0883. The third kappa shape index (κ3) is 23.6. The van der Waals surface area contributed by atoms with Gasteiger partial charge in [0.05, 0.1) is 12.9 Å². The number of esters is 1. The number of likely N-dealkylation sites (N-methyl/N-ethyl adjacent to an activating group) is 1. The summed E-state index contributed by atoms with van der Waals surface area (Å²) in [5, 5.41) is 0. The smallest absolute Gasteiger partial charge is 0.461 e. The minimum absolute atomic E-state index is 0.00890. The van der Waals surface area contributed by atoms with E-state index in [1.54, 1.807) is 0 Å². The number of ether oxygens (including phenoxy) is 1. The fourth-order valence-corrected chi connectivity index (χ4v) is 3.64. The summed E-state index contributed by atoms with van der Waals surface area (Å²) >= 11 is 0. The van der Waals surface area contributed by atoms with Crippen molar-refractivity contribution in [3.63, 3.8) is 0 Å². The second-order valence-corrected chi connectivity index (χ2v) is 9.66. The van der Waals surface area contributed by atoms with Crippen LogP contribution < -0.4 is 0 Å². The molecule has 0 aromatic heterocycles. The molecule has 7 nitrogen and oxygen atoms in total. The summed E-state index contributed by atoms with van der Waals surface area (Å²) in [5.41, 5.74) is 0. The summed E-state index contributed by atoms with van der Waals surface area (Å²) in [6.07, 6.45) is 19.3. The predicted molar refractivity (Wildman–Crippen MR) is 126 cm³/mol. The van der Waals surface area contributed by atoms with Gasteiger partial charge in [-0.15, -0.1) is 0 Å². The van der Waals surface area contributed by atoms with Gasteiger partial charge in [-0.3, -0.25) is 14.2 Å². The van der Waals surface area contributed by atoms with Crippen LogP contribution in [0.5, 0.6) is 0 Å². The molecule has 0 radical (unpaired) electrons. The number of carbonyl (C=O) groups is 1. The van der Waals surface area contributed by atoms with Gasteiger partial charge in [-0.25, -0.2) is 4.57 Å². The third-order valence-corrected chi connectivity index (χ3v) is 5.81. The average Bonchev–Trinajstić information content (AvgIpc) is 2.70. The lowest BCUT2D eigenvalue weighted by atomic mass is 10.0. The predicted octanol–water partition coefficient (Wildman–Crippen LogP) is 6.22. The van der Waals surface area contributed by atoms with Gasteiger partial charge in [0, 0.05) is 13.0 Å². The van der Waals surface area contributed by atoms with E-state index in [1.807, 2.05) is 19.0 Å². The van der Waals surface area contributed by atoms with Crippen molar-refractivity contribution in [1.82, 2.24) is 4.90 Å². The summed E-state index contributed by atoms with van der Waals surface area (Å²) in [6.45, 7) is 2.85. The van der Waals surface area contributed by atoms with E-state index in [0.717, 1.165) is 25.5 Å². The van der Waals surface area contributed by atoms with Crippen LogP contribution in [0.15, 0.2) is 12.3 Å². The Morgan fingerprint density at radius 2 is 1.42 bits per heavy atom. The molecule has 0 rings (SSSR count). The zero-order valence-corrected chi connectivity index (χ0v) is 21.0. The Balaban J connectivity index is 3.46. The second-order valence-electron chi connectivity index (χ2n) is 8.26. The van der Waals surface area contributed by atoms with Crippen LogP contribution in [0.25, 0.3) is 0 Å². The van der Waals surface area contributed by atoms with E-state index < -0.39 is 7.82 Å². The first kappa shape index (κ1) is 30.1. The average molecular weight is 464 g/mol. The van der Waals surface area contributed by atoms with Gasteiger partial charge in [0.2, 0.25) is 0 Å². The van der Waals surface area contributed by atoms with E-state index in [-0.39, 0.29) is 19.2 Å². The van der Waals surface area contributed by atoms with Gasteiger partial charge >= 0.3 is 13.8 Å². The molecule has 0 saturated carbocycles. The molecular weight excluding hydrogens is 417 g/mol. The largest absolute Gasteiger partial charge is 0.526 e. The Bertz CT molecular complexity index is 498. The highest BCUT2D eigenvalue weighted by Crippen LogP contribution is 2.43. The van der Waals surface area contributed by atoms with Crippen molar-refractivity contribution in [1.29, 1.82) is 0 Å². The van der Waals surface area contributed by atoms with E-state index in [0.29, 0.717) is 13.0 Å². The van der Waals surface area contributed by atoms with Gasteiger partial charge in [-0.1, -0.05) is 84.0 Å². The van der Waals surface area contributed by atoms with Gasteiger partial charge < -0.3 is 14.2 Å². The van der Waals surface area contributed by atoms with Crippen LogP contribution in [0.4, 0.5) is 0 Å². The molecule has 0 saturated heterocycles. The van der Waals surface area contributed by atoms with E-state index in [9.17, 15) is 14.3 Å². The van der Waals surface area contributed by atoms with Crippen LogP contribution >= 0.6 is 7.82 Å². The molecule has 0 spiro atoms. The molecule has 0 amide bonds. The Kier molecular flexibility index (Phi) is 20.4. The number of phosphoric ester groups is 1. The molecule has 0 aromatic rings. The van der Waals surface area contributed by atoms with Crippen LogP contribution in [-0.2, 0) is 23.1 Å². The molecule has 1 unspecified atom stereocenters. The molecule has 1 N–H and O–H groups in total. The molecule has 0 bridgehead atoms. The van der Waals surface area contributed by atoms with Crippen LogP contribution in [0.3, 0.4) is 0 Å². The van der Waals surface area contributed by atoms with Crippen molar-refractivity contribution in [3.05, 3.63) is 12.3 Å². The summed E-state index contributed by atoms with van der Waals surface area (Å²) < 4.78 is 26.1. The highest BCUT2D eigenvalue weighted by atomic mass is 31.2. The number of unbranched alkanes of at least 4 members (excludes halogenated alkanes) is 12. The van der Waals surface area contributed by atoms with Gasteiger partial charge in [-0.05, 0) is 26.6 Å². The number of carbonyl (C=O) groups excluding carboxylic acids is 1. The molecule has 184 valence electrons. The third-order valence-electron chi connectivity index (χ3n) is 4.91. The first-order chi connectivity index (χ1) is 14.9. The van der Waals surface area contributed by atoms with Crippen LogP contribution in [0.2, 0.25) is 0 Å². The molecule has 31 heavy (non-hydrogen) atoms. The maximum absolute atomic E-state index is 11.7. The van der Waals surface area contributed by atoms with E-state index in [1.165, 1.54) is 70.3 Å². The molecule has 0 aliphatic rings. The Labute approximate surface area is 190 Å². The van der Waals surface area contributed by atoms with Gasteiger partial charge in [0.25, 0.3) is 0 Å². The van der Waals surface area contributed by atoms with Gasteiger partial charge in [0.1, 0.15) is 6.61 Å². The summed E-state index contributed by atoms with van der Waals surface area (Å²) in [5.74, 6) is -0.262. The number of hydrogen-bond donors (Lipinski definition) is 1. The number of nitrogens with zero attached hydrogens (tertiary/aromatic N) is 1. The number of hydrogen-bond acceptors (Lipinski definition) is 6. The highest BCUT2D eigenvalue weighted by Gasteiger charge is 2.20. The molecule has 0 aliphatic heterocycles. The van der Waals surface area contributed by atoms with Gasteiger partial charge in [-0.2, -0.15) is 0 Å². The minimum Gasteiger partial charge on any atom is -0.461 e. The number of phosphoric acid groups is 1. The van der Waals surface area contributed by atoms with Crippen LogP contribution in [0, 0.1) is 0 Å². The molecule has 0 heterocycles. The molecule has 8 heteroatoms. The zero-order chi connectivity index (χ0) is 23.2. The minimum atomic E-state index is -4.11. The SMILES string of the molecule is CCCCCCCCCCCCCCCC(=O)OCC=COP(=O)(O)OCCN(C)C. The monoisotopic (exact) mass is 463 g/mol. The Morgan fingerprint density at radius 1 is 0.903 bits per heavy atom. The lowest BCUT2D eigenvalue weighted by molar-refractivity contribution is -0.142. The molecule has 1 atom stereocenters. The number of rotatable bonds is 22. The summed E-state index contributed by atoms with van der Waals surface area (Å²) in [7, 11) is -0.446. The second kappa shape index (κ2) is 21.0. The van der Waals surface area contributed by atoms with Crippen molar-refractivity contribution < 1.29 is 28.0 Å². The van der Waals surface area contributed by atoms with E-state index in [2.05, 4.69) is 11.4 Å². The molecule has 0 fully saturated rings. The highest BCUT2D eigenvalue weighted by molar-refractivity contribution is 7.47. The van der Waals surface area contributed by atoms with Crippen molar-refractivity contribution in [2.24, 2.45) is 0 Å². The normalized spacial score (nSPS) is 13.6. The molecule has 0 aromatic carbocycles. The lowest BCUT2D eigenvalue weighted by Crippen LogP contribution is -2.17. The Morgan fingerprint density at radius 3 is 1.94 bits per heavy atom. The van der Waals surface area contributed by atoms with E-state index >= 15 is 0 Å². The van der Waals surface area contributed by atoms with Crippen molar-refractivity contribution in [2.75, 3.05) is 33.9 Å². The Hall–Kier alpha value is -0.880. The van der Waals surface area contributed by atoms with Crippen molar-refractivity contribution >= 4 is 13.8 Å². The fourth-order valence-electron chi connectivity index (χ4n) is 3.03. The van der Waals surface area contributed by atoms with E-state index in [4.69, 9.17) is 9.26 Å². The van der Waals surface area contributed by atoms with Gasteiger partial charge in [0.15, 0.2) is 0 Å². The van der Waals surface area contributed by atoms with Crippen molar-refractivity contribution in [3.8, 4) is 0 Å². The first-order valence-corrected chi connectivity index (χ1v) is 13.5. The molecular formula is C23H46NO6P. The standard InChI is InChI=1S/C23H46NO6P/c1-4-5-6-7-8-9-10-11-12-13-14-15-16-18-23(25)28-20-17-21-29-31(26,27)30-22-19-24(2)3/h17,21H,4-16,18-20,22H2,1-3H3,(H,26,27). The fraction of sp³-hybridized carbons (Fsp3) is 0.870. The first-order valence-electron chi connectivity index (χ1n) is 12.0. The summed E-state index contributed by atoms with van der Waals surface area (Å²) in [4.78, 5) is 23.0.